The fourth-order valence-electron chi connectivity index (χ4n) is 2.20. The summed E-state index contributed by atoms with van der Waals surface area (Å²) in [7, 11) is 1.71. The zero-order valence-corrected chi connectivity index (χ0v) is 12.8. The predicted octanol–water partition coefficient (Wildman–Crippen LogP) is 4.16. The first-order valence-corrected chi connectivity index (χ1v) is 7.17. The molecule has 2 rings (SSSR count). The van der Waals surface area contributed by atoms with E-state index < -0.39 is 0 Å². The van der Waals surface area contributed by atoms with E-state index in [0.29, 0.717) is 0 Å². The quantitative estimate of drug-likeness (QED) is 0.893. The smallest absolute Gasteiger partial charge is 0.123 e. The van der Waals surface area contributed by atoms with Gasteiger partial charge in [-0.15, -0.1) is 0 Å². The number of nitrogens with one attached hydrogen (secondary N) is 1. The van der Waals surface area contributed by atoms with Gasteiger partial charge in [0.2, 0.25) is 0 Å². The topological polar surface area (TPSA) is 21.3 Å². The third-order valence-corrected chi connectivity index (χ3v) is 3.53. The zero-order chi connectivity index (χ0) is 13.7. The molecule has 2 nitrogen and oxygen atoms in total. The van der Waals surface area contributed by atoms with E-state index in [1.54, 1.807) is 7.11 Å². The molecule has 0 aliphatic carbocycles. The highest BCUT2D eigenvalue weighted by Gasteiger charge is 2.16. The Labute approximate surface area is 122 Å². The van der Waals surface area contributed by atoms with Crippen molar-refractivity contribution in [2.24, 2.45) is 0 Å². The zero-order valence-electron chi connectivity index (χ0n) is 11.2. The molecule has 0 bridgehead atoms. The fourth-order valence-corrected chi connectivity index (χ4v) is 2.62. The van der Waals surface area contributed by atoms with E-state index in [1.165, 1.54) is 5.56 Å². The second-order valence-electron chi connectivity index (χ2n) is 4.29. The Bertz CT molecular complexity index is 542. The van der Waals surface area contributed by atoms with Crippen LogP contribution in [-0.2, 0) is 0 Å². The molecule has 1 unspecified atom stereocenters. The predicted molar refractivity (Wildman–Crippen MR) is 82.7 cm³/mol. The van der Waals surface area contributed by atoms with Gasteiger partial charge in [0, 0.05) is 10.0 Å². The second kappa shape index (κ2) is 6.73. The summed E-state index contributed by atoms with van der Waals surface area (Å²) in [5.74, 6) is 0.911. The first kappa shape index (κ1) is 14.1. The summed E-state index contributed by atoms with van der Waals surface area (Å²) in [6, 6.07) is 16.6. The van der Waals surface area contributed by atoms with E-state index >= 15 is 0 Å². The van der Waals surface area contributed by atoms with E-state index in [2.05, 4.69) is 52.4 Å². The van der Waals surface area contributed by atoms with E-state index in [9.17, 15) is 0 Å². The molecule has 0 saturated heterocycles. The lowest BCUT2D eigenvalue weighted by molar-refractivity contribution is 0.404. The molecule has 2 aromatic rings. The minimum Gasteiger partial charge on any atom is -0.496 e. The molecule has 0 spiro atoms. The summed E-state index contributed by atoms with van der Waals surface area (Å²) in [6.07, 6.45) is 0. The molecule has 0 amide bonds. The van der Waals surface area contributed by atoms with Gasteiger partial charge >= 0.3 is 0 Å². The van der Waals surface area contributed by atoms with Crippen LogP contribution in [-0.4, -0.2) is 13.7 Å². The Morgan fingerprint density at radius 1 is 1.16 bits per heavy atom. The first-order chi connectivity index (χ1) is 9.26. The molecule has 100 valence electrons. The van der Waals surface area contributed by atoms with Crippen LogP contribution in [0.2, 0.25) is 0 Å². The number of hydrogen-bond donors (Lipinski definition) is 1. The van der Waals surface area contributed by atoms with Gasteiger partial charge in [0.05, 0.1) is 13.2 Å². The van der Waals surface area contributed by atoms with Crippen LogP contribution in [0.5, 0.6) is 5.75 Å². The van der Waals surface area contributed by atoms with Crippen LogP contribution < -0.4 is 10.1 Å². The van der Waals surface area contributed by atoms with E-state index in [0.717, 1.165) is 22.3 Å². The van der Waals surface area contributed by atoms with E-state index in [-0.39, 0.29) is 6.04 Å². The average Bonchev–Trinajstić information content (AvgIpc) is 2.45. The van der Waals surface area contributed by atoms with Crippen molar-refractivity contribution in [2.75, 3.05) is 13.7 Å². The normalized spacial score (nSPS) is 12.2. The summed E-state index contributed by atoms with van der Waals surface area (Å²) in [5, 5.41) is 3.52. The van der Waals surface area contributed by atoms with Crippen molar-refractivity contribution in [3.05, 3.63) is 64.1 Å². The molecule has 1 N–H and O–H groups in total. The largest absolute Gasteiger partial charge is 0.496 e. The Morgan fingerprint density at radius 3 is 2.63 bits per heavy atom. The molecule has 0 aromatic heterocycles. The molecule has 2 aromatic carbocycles. The number of rotatable bonds is 5. The molecule has 1 atom stereocenters. The standard InChI is InChI=1S/C16H18BrNO/c1-3-18-16(12-7-6-8-13(17)11-12)14-9-4-5-10-15(14)19-2/h4-11,16,18H,3H2,1-2H3. The van der Waals surface area contributed by atoms with Crippen molar-refractivity contribution in [2.45, 2.75) is 13.0 Å². The molecule has 3 heteroatoms. The van der Waals surface area contributed by atoms with Crippen LogP contribution in [0, 0.1) is 0 Å². The van der Waals surface area contributed by atoms with Crippen LogP contribution in [0.1, 0.15) is 24.1 Å². The van der Waals surface area contributed by atoms with Crippen molar-refractivity contribution in [1.82, 2.24) is 5.32 Å². The Kier molecular flexibility index (Phi) is 5.00. The lowest BCUT2D eigenvalue weighted by Gasteiger charge is -2.21. The molecule has 0 aliphatic heterocycles. The van der Waals surface area contributed by atoms with Crippen LogP contribution in [0.3, 0.4) is 0 Å². The molecule has 0 fully saturated rings. The minimum atomic E-state index is 0.138. The van der Waals surface area contributed by atoms with Gasteiger partial charge in [-0.2, -0.15) is 0 Å². The first-order valence-electron chi connectivity index (χ1n) is 6.38. The van der Waals surface area contributed by atoms with Crippen molar-refractivity contribution in [3.8, 4) is 5.75 Å². The molecule has 0 saturated carbocycles. The summed E-state index contributed by atoms with van der Waals surface area (Å²) in [4.78, 5) is 0. The minimum absolute atomic E-state index is 0.138. The number of hydrogen-bond acceptors (Lipinski definition) is 2. The van der Waals surface area contributed by atoms with Gasteiger partial charge in [-0.05, 0) is 30.3 Å². The maximum atomic E-state index is 5.47. The van der Waals surface area contributed by atoms with Crippen molar-refractivity contribution in [1.29, 1.82) is 0 Å². The maximum Gasteiger partial charge on any atom is 0.123 e. The number of halogens is 1. The lowest BCUT2D eigenvalue weighted by atomic mass is 9.98. The third kappa shape index (κ3) is 3.37. The van der Waals surface area contributed by atoms with Gasteiger partial charge in [0.15, 0.2) is 0 Å². The monoisotopic (exact) mass is 319 g/mol. The molecule has 0 aliphatic rings. The Balaban J connectivity index is 2.45. The van der Waals surface area contributed by atoms with Crippen LogP contribution in [0.4, 0.5) is 0 Å². The van der Waals surface area contributed by atoms with E-state index in [4.69, 9.17) is 4.74 Å². The van der Waals surface area contributed by atoms with Crippen molar-refractivity contribution in [3.63, 3.8) is 0 Å². The Hall–Kier alpha value is -1.32. The summed E-state index contributed by atoms with van der Waals surface area (Å²) >= 11 is 3.53. The highest BCUT2D eigenvalue weighted by atomic mass is 79.9. The van der Waals surface area contributed by atoms with Gasteiger partial charge in [-0.1, -0.05) is 53.2 Å². The number of ether oxygens (including phenoxy) is 1. The SMILES string of the molecule is CCNC(c1cccc(Br)c1)c1ccccc1OC. The molecule has 19 heavy (non-hydrogen) atoms. The highest BCUT2D eigenvalue weighted by molar-refractivity contribution is 9.10. The van der Waals surface area contributed by atoms with Crippen LogP contribution >= 0.6 is 15.9 Å². The fraction of sp³-hybridized carbons (Fsp3) is 0.250. The van der Waals surface area contributed by atoms with Crippen LogP contribution in [0.25, 0.3) is 0 Å². The molecular formula is C16H18BrNO. The Morgan fingerprint density at radius 2 is 1.95 bits per heavy atom. The molecule has 0 heterocycles. The van der Waals surface area contributed by atoms with E-state index in [1.807, 2.05) is 24.3 Å². The second-order valence-corrected chi connectivity index (χ2v) is 5.20. The van der Waals surface area contributed by atoms with Gasteiger partial charge in [-0.3, -0.25) is 0 Å². The molecule has 0 radical (unpaired) electrons. The van der Waals surface area contributed by atoms with Crippen LogP contribution in [0.15, 0.2) is 53.0 Å². The van der Waals surface area contributed by atoms with Crippen molar-refractivity contribution < 1.29 is 4.74 Å². The summed E-state index contributed by atoms with van der Waals surface area (Å²) in [6.45, 7) is 3.01. The van der Waals surface area contributed by atoms with Gasteiger partial charge < -0.3 is 10.1 Å². The lowest BCUT2D eigenvalue weighted by Crippen LogP contribution is -2.22. The summed E-state index contributed by atoms with van der Waals surface area (Å²) < 4.78 is 6.56. The summed E-state index contributed by atoms with van der Waals surface area (Å²) in [5.41, 5.74) is 2.38. The number of para-hydroxylation sites is 1. The maximum absolute atomic E-state index is 5.47. The number of benzene rings is 2. The third-order valence-electron chi connectivity index (χ3n) is 3.04. The highest BCUT2D eigenvalue weighted by Crippen LogP contribution is 2.30. The van der Waals surface area contributed by atoms with Crippen molar-refractivity contribution >= 4 is 15.9 Å². The van der Waals surface area contributed by atoms with Gasteiger partial charge in [-0.25, -0.2) is 0 Å². The van der Waals surface area contributed by atoms with Gasteiger partial charge in [0.1, 0.15) is 5.75 Å². The average molecular weight is 320 g/mol. The number of methoxy groups -OCH3 is 1. The van der Waals surface area contributed by atoms with Gasteiger partial charge in [0.25, 0.3) is 0 Å². The molecular weight excluding hydrogens is 302 g/mol.